The highest BCUT2D eigenvalue weighted by atomic mass is 19.1. The third-order valence-corrected chi connectivity index (χ3v) is 5.95. The van der Waals surface area contributed by atoms with E-state index < -0.39 is 0 Å². The number of carbonyl (C=O) groups excluding carboxylic acids is 1. The van der Waals surface area contributed by atoms with Crippen molar-refractivity contribution in [3.63, 3.8) is 0 Å². The lowest BCUT2D eigenvalue weighted by Gasteiger charge is -2.29. The van der Waals surface area contributed by atoms with Gasteiger partial charge >= 0.3 is 0 Å². The molecule has 0 saturated carbocycles. The Bertz CT molecular complexity index is 1220. The maximum Gasteiger partial charge on any atom is 0.257 e. The molecule has 0 bridgehead atoms. The van der Waals surface area contributed by atoms with Crippen LogP contribution in [0.2, 0.25) is 0 Å². The Morgan fingerprint density at radius 1 is 1.18 bits per heavy atom. The van der Waals surface area contributed by atoms with E-state index in [-0.39, 0.29) is 29.7 Å². The zero-order chi connectivity index (χ0) is 23.5. The predicted molar refractivity (Wildman–Crippen MR) is 127 cm³/mol. The van der Waals surface area contributed by atoms with Gasteiger partial charge in [0.1, 0.15) is 18.2 Å². The first-order valence-electron chi connectivity index (χ1n) is 11.3. The van der Waals surface area contributed by atoms with E-state index in [0.717, 1.165) is 18.8 Å². The van der Waals surface area contributed by atoms with E-state index in [1.165, 1.54) is 16.2 Å². The fraction of sp³-hybridized carbons (Fsp3) is 0.346. The highest BCUT2D eigenvalue weighted by Gasteiger charge is 2.25. The van der Waals surface area contributed by atoms with Crippen molar-refractivity contribution in [1.29, 1.82) is 0 Å². The topological polar surface area (TPSA) is 67.2 Å². The molecule has 4 rings (SSSR count). The van der Waals surface area contributed by atoms with E-state index in [2.05, 4.69) is 22.3 Å². The summed E-state index contributed by atoms with van der Waals surface area (Å²) in [5.74, 6) is -0.212. The molecule has 1 N–H and O–H groups in total. The molecule has 0 radical (unpaired) electrons. The summed E-state index contributed by atoms with van der Waals surface area (Å²) in [6.07, 6.45) is 0.594. The summed E-state index contributed by atoms with van der Waals surface area (Å²) in [6.45, 7) is 7.59. The summed E-state index contributed by atoms with van der Waals surface area (Å²) >= 11 is 0. The molecule has 6 nitrogen and oxygen atoms in total. The van der Waals surface area contributed by atoms with Gasteiger partial charge in [-0.3, -0.25) is 19.1 Å². The molecule has 3 aromatic rings. The van der Waals surface area contributed by atoms with Gasteiger partial charge in [0.05, 0.1) is 5.69 Å². The van der Waals surface area contributed by atoms with Crippen LogP contribution in [0.3, 0.4) is 0 Å². The molecule has 1 amide bonds. The van der Waals surface area contributed by atoms with E-state index in [9.17, 15) is 14.0 Å². The first kappa shape index (κ1) is 22.9. The molecule has 0 spiro atoms. The number of nitrogens with one attached hydrogen (secondary N) is 1. The molecular formula is C26H29FN4O2. The van der Waals surface area contributed by atoms with Gasteiger partial charge in [0.2, 0.25) is 5.91 Å². The van der Waals surface area contributed by atoms with E-state index in [1.54, 1.807) is 19.1 Å². The molecule has 0 fully saturated rings. The third-order valence-electron chi connectivity index (χ3n) is 5.95. The predicted octanol–water partition coefficient (Wildman–Crippen LogP) is 4.01. The number of amides is 1. The summed E-state index contributed by atoms with van der Waals surface area (Å²) in [4.78, 5) is 33.2. The van der Waals surface area contributed by atoms with E-state index in [1.807, 2.05) is 32.0 Å². The fourth-order valence-electron chi connectivity index (χ4n) is 4.18. The lowest BCUT2D eigenvalue weighted by molar-refractivity contribution is -0.116. The van der Waals surface area contributed by atoms with Crippen LogP contribution in [-0.4, -0.2) is 26.9 Å². The molecule has 1 aromatic heterocycles. The Kier molecular flexibility index (Phi) is 6.70. The van der Waals surface area contributed by atoms with Gasteiger partial charge in [-0.25, -0.2) is 9.37 Å². The SMILES string of the molecule is Cc1ccc(NC(=O)Cn2c(C(C)C)nc3c(c2=O)CCN(Cc2ccccc2)C3)cc1F. The van der Waals surface area contributed by atoms with Crippen LogP contribution in [0.4, 0.5) is 10.1 Å². The van der Waals surface area contributed by atoms with Crippen molar-refractivity contribution < 1.29 is 9.18 Å². The monoisotopic (exact) mass is 448 g/mol. The van der Waals surface area contributed by atoms with Crippen LogP contribution in [0, 0.1) is 12.7 Å². The molecule has 1 aliphatic rings. The molecule has 0 saturated heterocycles. The van der Waals surface area contributed by atoms with Gasteiger partial charge in [-0.05, 0) is 36.6 Å². The van der Waals surface area contributed by atoms with Gasteiger partial charge < -0.3 is 5.32 Å². The second-order valence-electron chi connectivity index (χ2n) is 8.90. The smallest absolute Gasteiger partial charge is 0.257 e. The van der Waals surface area contributed by atoms with Crippen molar-refractivity contribution in [2.45, 2.75) is 52.7 Å². The lowest BCUT2D eigenvalue weighted by Crippen LogP contribution is -2.40. The van der Waals surface area contributed by atoms with Crippen molar-refractivity contribution in [1.82, 2.24) is 14.5 Å². The number of carbonyl (C=O) groups is 1. The minimum absolute atomic E-state index is 0.0304. The molecular weight excluding hydrogens is 419 g/mol. The quantitative estimate of drug-likeness (QED) is 0.619. The molecule has 7 heteroatoms. The van der Waals surface area contributed by atoms with Crippen molar-refractivity contribution in [2.24, 2.45) is 0 Å². The summed E-state index contributed by atoms with van der Waals surface area (Å²) < 4.78 is 15.3. The van der Waals surface area contributed by atoms with E-state index in [4.69, 9.17) is 4.98 Å². The maximum absolute atomic E-state index is 13.8. The zero-order valence-electron chi connectivity index (χ0n) is 19.3. The summed E-state index contributed by atoms with van der Waals surface area (Å²) in [7, 11) is 0. The number of hydrogen-bond acceptors (Lipinski definition) is 4. The molecule has 2 aromatic carbocycles. The Labute approximate surface area is 193 Å². The molecule has 33 heavy (non-hydrogen) atoms. The van der Waals surface area contributed by atoms with Gasteiger partial charge in [-0.1, -0.05) is 50.2 Å². The first-order chi connectivity index (χ1) is 15.8. The highest BCUT2D eigenvalue weighted by Crippen LogP contribution is 2.20. The van der Waals surface area contributed by atoms with Gasteiger partial charge in [0, 0.05) is 36.8 Å². The number of hydrogen-bond donors (Lipinski definition) is 1. The van der Waals surface area contributed by atoms with Crippen molar-refractivity contribution in [2.75, 3.05) is 11.9 Å². The van der Waals surface area contributed by atoms with Gasteiger partial charge in [-0.2, -0.15) is 0 Å². The molecule has 172 valence electrons. The largest absolute Gasteiger partial charge is 0.324 e. The Morgan fingerprint density at radius 3 is 2.64 bits per heavy atom. The molecule has 2 heterocycles. The Hall–Kier alpha value is -3.32. The molecule has 0 atom stereocenters. The molecule has 0 unspecified atom stereocenters. The second-order valence-corrected chi connectivity index (χ2v) is 8.90. The molecule has 0 aliphatic carbocycles. The number of rotatable bonds is 6. The minimum atomic E-state index is -0.386. The Balaban J connectivity index is 1.56. The highest BCUT2D eigenvalue weighted by molar-refractivity contribution is 5.90. The van der Waals surface area contributed by atoms with Crippen LogP contribution >= 0.6 is 0 Å². The van der Waals surface area contributed by atoms with Crippen LogP contribution in [0.25, 0.3) is 0 Å². The lowest BCUT2D eigenvalue weighted by atomic mass is 10.0. The minimum Gasteiger partial charge on any atom is -0.324 e. The molecule has 1 aliphatic heterocycles. The van der Waals surface area contributed by atoms with Gasteiger partial charge in [0.15, 0.2) is 0 Å². The van der Waals surface area contributed by atoms with Gasteiger partial charge in [0.25, 0.3) is 5.56 Å². The maximum atomic E-state index is 13.8. The number of aromatic nitrogens is 2. The summed E-state index contributed by atoms with van der Waals surface area (Å²) in [5, 5.41) is 2.69. The first-order valence-corrected chi connectivity index (χ1v) is 11.3. The second kappa shape index (κ2) is 9.67. The number of nitrogens with zero attached hydrogens (tertiary/aromatic N) is 3. The van der Waals surface area contributed by atoms with Crippen molar-refractivity contribution >= 4 is 11.6 Å². The number of aryl methyl sites for hydroxylation is 1. The van der Waals surface area contributed by atoms with E-state index in [0.29, 0.717) is 35.6 Å². The average Bonchev–Trinajstić information content (AvgIpc) is 2.78. The Morgan fingerprint density at radius 2 is 1.94 bits per heavy atom. The zero-order valence-corrected chi connectivity index (χ0v) is 19.3. The third kappa shape index (κ3) is 5.20. The fourth-order valence-corrected chi connectivity index (χ4v) is 4.18. The average molecular weight is 449 g/mol. The van der Waals surface area contributed by atoms with Crippen LogP contribution in [0.1, 0.15) is 48.0 Å². The summed E-state index contributed by atoms with van der Waals surface area (Å²) in [5.41, 5.74) is 3.41. The number of fused-ring (bicyclic) bond motifs is 1. The van der Waals surface area contributed by atoms with Gasteiger partial charge in [-0.15, -0.1) is 0 Å². The standard InChI is InChI=1S/C26H29FN4O2/c1-17(2)25-29-23-15-30(14-19-7-5-4-6-8-19)12-11-21(23)26(33)31(25)16-24(32)28-20-10-9-18(3)22(27)13-20/h4-10,13,17H,11-12,14-16H2,1-3H3,(H,28,32). The van der Waals surface area contributed by atoms with Crippen LogP contribution in [0.5, 0.6) is 0 Å². The van der Waals surface area contributed by atoms with Crippen LogP contribution < -0.4 is 10.9 Å². The summed E-state index contributed by atoms with van der Waals surface area (Å²) in [6, 6.07) is 14.8. The number of benzene rings is 2. The van der Waals surface area contributed by atoms with Crippen molar-refractivity contribution in [3.8, 4) is 0 Å². The number of halogens is 1. The normalized spacial score (nSPS) is 13.7. The van der Waals surface area contributed by atoms with E-state index >= 15 is 0 Å². The number of anilines is 1. The van der Waals surface area contributed by atoms with Crippen LogP contribution in [-0.2, 0) is 30.8 Å². The van der Waals surface area contributed by atoms with Crippen molar-refractivity contribution in [3.05, 3.63) is 92.9 Å². The van der Waals surface area contributed by atoms with Crippen LogP contribution in [0.15, 0.2) is 53.3 Å².